The minimum Gasteiger partial charge on any atom is -0.492 e. The molecule has 16 heteroatoms. The maximum Gasteiger partial charge on any atom is 0.490 e. The first-order valence-electron chi connectivity index (χ1n) is 18.8. The van der Waals surface area contributed by atoms with Crippen molar-refractivity contribution in [3.63, 3.8) is 0 Å². The molecule has 3 N–H and O–H groups in total. The predicted molar refractivity (Wildman–Crippen MR) is 200 cm³/mol. The normalized spacial score (nSPS) is 24.4. The third-order valence-corrected chi connectivity index (χ3v) is 12.9. The van der Waals surface area contributed by atoms with Gasteiger partial charge in [0.05, 0.1) is 29.2 Å². The van der Waals surface area contributed by atoms with Gasteiger partial charge in [-0.3, -0.25) is 4.79 Å². The van der Waals surface area contributed by atoms with Gasteiger partial charge in [0.15, 0.2) is 0 Å². The van der Waals surface area contributed by atoms with Crippen LogP contribution in [-0.4, -0.2) is 90.3 Å². The fourth-order valence-corrected chi connectivity index (χ4v) is 9.88. The number of nitrogens with two attached hydrogens (primary N) is 1. The molecule has 0 spiro atoms. The Balaban J connectivity index is 0.000000672. The van der Waals surface area contributed by atoms with Crippen LogP contribution >= 0.6 is 11.6 Å². The molecule has 7 rings (SSSR count). The monoisotopic (exact) mass is 809 g/mol. The van der Waals surface area contributed by atoms with Gasteiger partial charge in [0.1, 0.15) is 29.4 Å². The van der Waals surface area contributed by atoms with Crippen LogP contribution in [0.25, 0.3) is 10.8 Å². The number of hydrogen-bond donors (Lipinski definition) is 2. The highest BCUT2D eigenvalue weighted by molar-refractivity contribution is 7.89. The number of carbonyl (C=O) groups excluding carboxylic acids is 1. The molecule has 11 nitrogen and oxygen atoms in total. The fraction of sp³-hybridized carbons (Fsp3) is 0.538. The molecule has 3 aromatic carbocycles. The molecule has 4 aliphatic rings. The first kappa shape index (κ1) is 40.9. The zero-order valence-electron chi connectivity index (χ0n) is 30.5. The second-order valence-corrected chi connectivity index (χ2v) is 17.0. The van der Waals surface area contributed by atoms with Crippen LogP contribution in [0.4, 0.5) is 13.2 Å². The molecule has 2 unspecified atom stereocenters. The molecular formula is C39H47ClF3N3O8S. The molecule has 4 fully saturated rings. The number of aliphatic carboxylic acids is 1. The molecule has 3 aromatic rings. The number of fused-ring (bicyclic) bond motifs is 3. The number of ether oxygens (including phenoxy) is 3. The van der Waals surface area contributed by atoms with Gasteiger partial charge in [-0.25, -0.2) is 13.2 Å². The number of hydrogen-bond acceptors (Lipinski definition) is 8. The van der Waals surface area contributed by atoms with Gasteiger partial charge in [-0.15, -0.1) is 0 Å². The summed E-state index contributed by atoms with van der Waals surface area (Å²) in [5, 5.41) is 9.31. The standard InChI is InChI=1S/C37H46ClN3O6S.C2HF3O2/c1-2-3-16-45-36-22-31(13-15-34(36)38)47-32-21-35(37(42)41-27-10-11-28(41)20-26(39)19-27)40(23-32)48(43,44)33-14-9-24-17-30(12-8-25(24)18-33)46-29-6-4-5-7-29;3-2(4,5)1(6)7/h8-9,12-15,17-18,22,26-29,32,35H,2-7,10-11,16,19-21,23,39H2,1H3;(H,6,7)/t26?,27?,28?,32-,35+;/m1./s1. The van der Waals surface area contributed by atoms with Crippen molar-refractivity contribution in [2.75, 3.05) is 13.2 Å². The summed E-state index contributed by atoms with van der Waals surface area (Å²) in [6.07, 6.45) is 4.51. The number of benzene rings is 3. The zero-order valence-corrected chi connectivity index (χ0v) is 32.1. The molecule has 55 heavy (non-hydrogen) atoms. The lowest BCUT2D eigenvalue weighted by molar-refractivity contribution is -0.192. The summed E-state index contributed by atoms with van der Waals surface area (Å²) >= 11 is 6.39. The Bertz CT molecular complexity index is 1950. The molecule has 0 radical (unpaired) electrons. The van der Waals surface area contributed by atoms with Crippen LogP contribution in [0.2, 0.25) is 5.02 Å². The Morgan fingerprint density at radius 1 is 0.891 bits per heavy atom. The lowest BCUT2D eigenvalue weighted by Gasteiger charge is -2.40. The van der Waals surface area contributed by atoms with Crippen molar-refractivity contribution in [2.45, 2.75) is 125 Å². The summed E-state index contributed by atoms with van der Waals surface area (Å²) in [6, 6.07) is 15.4. The Hall–Kier alpha value is -3.79. The van der Waals surface area contributed by atoms with Gasteiger partial charge >= 0.3 is 12.1 Å². The van der Waals surface area contributed by atoms with Crippen molar-refractivity contribution in [2.24, 2.45) is 5.73 Å². The summed E-state index contributed by atoms with van der Waals surface area (Å²) < 4.78 is 80.5. The third kappa shape index (κ3) is 9.61. The highest BCUT2D eigenvalue weighted by Crippen LogP contribution is 2.40. The largest absolute Gasteiger partial charge is 0.492 e. The number of amides is 1. The quantitative estimate of drug-likeness (QED) is 0.190. The maximum atomic E-state index is 14.5. The van der Waals surface area contributed by atoms with Gasteiger partial charge in [0.2, 0.25) is 15.9 Å². The molecule has 1 saturated carbocycles. The van der Waals surface area contributed by atoms with E-state index in [1.54, 1.807) is 30.3 Å². The molecule has 2 bridgehead atoms. The average Bonchev–Trinajstić information content (AvgIpc) is 3.88. The fourth-order valence-electron chi connectivity index (χ4n) is 8.05. The van der Waals surface area contributed by atoms with Crippen molar-refractivity contribution >= 4 is 44.3 Å². The lowest BCUT2D eigenvalue weighted by Crippen LogP contribution is -2.55. The van der Waals surface area contributed by atoms with Crippen LogP contribution in [0.1, 0.15) is 77.6 Å². The van der Waals surface area contributed by atoms with Crippen LogP contribution in [0.5, 0.6) is 17.2 Å². The summed E-state index contributed by atoms with van der Waals surface area (Å²) in [5.41, 5.74) is 6.32. The van der Waals surface area contributed by atoms with E-state index in [1.165, 1.54) is 17.1 Å². The van der Waals surface area contributed by atoms with Gasteiger partial charge < -0.3 is 30.0 Å². The van der Waals surface area contributed by atoms with Crippen LogP contribution in [0.3, 0.4) is 0 Å². The zero-order chi connectivity index (χ0) is 39.5. The van der Waals surface area contributed by atoms with Gasteiger partial charge in [-0.2, -0.15) is 17.5 Å². The number of carboxylic acid groups (broad SMARTS) is 1. The Labute approximate surface area is 323 Å². The number of sulfonamides is 1. The van der Waals surface area contributed by atoms with Crippen molar-refractivity contribution < 1.29 is 50.5 Å². The van der Waals surface area contributed by atoms with Gasteiger partial charge in [-0.1, -0.05) is 37.1 Å². The van der Waals surface area contributed by atoms with Crippen LogP contribution < -0.4 is 19.9 Å². The number of piperidine rings is 1. The molecule has 1 aliphatic carbocycles. The number of nitrogens with zero attached hydrogens (tertiary/aromatic N) is 2. The second kappa shape index (κ2) is 17.1. The molecular weight excluding hydrogens is 763 g/mol. The molecule has 3 aliphatic heterocycles. The summed E-state index contributed by atoms with van der Waals surface area (Å²) in [6.45, 7) is 2.67. The van der Waals surface area contributed by atoms with Crippen molar-refractivity contribution in [1.82, 2.24) is 9.21 Å². The average molecular weight is 810 g/mol. The Morgan fingerprint density at radius 2 is 1.49 bits per heavy atom. The van der Waals surface area contributed by atoms with Crippen LogP contribution in [0, 0.1) is 0 Å². The van der Waals surface area contributed by atoms with Crippen molar-refractivity contribution in [3.8, 4) is 17.2 Å². The van der Waals surface area contributed by atoms with Crippen LogP contribution in [-0.2, 0) is 19.6 Å². The van der Waals surface area contributed by atoms with Crippen molar-refractivity contribution in [1.29, 1.82) is 0 Å². The number of carbonyl (C=O) groups is 2. The molecule has 3 saturated heterocycles. The van der Waals surface area contributed by atoms with Gasteiger partial charge in [0, 0.05) is 30.6 Å². The lowest BCUT2D eigenvalue weighted by atomic mass is 9.97. The van der Waals surface area contributed by atoms with E-state index in [-0.39, 0.29) is 48.0 Å². The molecule has 1 amide bonds. The summed E-state index contributed by atoms with van der Waals surface area (Å²) in [4.78, 5) is 25.3. The minimum atomic E-state index is -5.08. The topological polar surface area (TPSA) is 149 Å². The van der Waals surface area contributed by atoms with E-state index in [4.69, 9.17) is 41.4 Å². The minimum absolute atomic E-state index is 0.0381. The number of carboxylic acids is 1. The van der Waals surface area contributed by atoms with Crippen molar-refractivity contribution in [3.05, 3.63) is 59.6 Å². The van der Waals surface area contributed by atoms with E-state index in [0.29, 0.717) is 23.1 Å². The molecule has 4 atom stereocenters. The number of halogens is 4. The predicted octanol–water partition coefficient (Wildman–Crippen LogP) is 7.32. The number of unbranched alkanes of at least 4 members (excludes halogenated alkanes) is 1. The van der Waals surface area contributed by atoms with Crippen LogP contribution in [0.15, 0.2) is 59.5 Å². The van der Waals surface area contributed by atoms with E-state index in [2.05, 4.69) is 6.92 Å². The molecule has 3 heterocycles. The highest BCUT2D eigenvalue weighted by atomic mass is 35.5. The maximum absolute atomic E-state index is 14.5. The third-order valence-electron chi connectivity index (χ3n) is 10.7. The SMILES string of the molecule is CCCCOc1cc(O[C@@H]2C[C@@H](C(=O)N3C4CCC3CC(N)C4)N(S(=O)(=O)c3ccc4cc(OC5CCCC5)ccc4c3)C2)ccc1Cl.O=C(O)C(F)(F)F. The van der Waals surface area contributed by atoms with E-state index in [0.717, 1.165) is 67.9 Å². The van der Waals surface area contributed by atoms with E-state index >= 15 is 0 Å². The van der Waals surface area contributed by atoms with E-state index < -0.39 is 34.3 Å². The molecule has 300 valence electrons. The van der Waals surface area contributed by atoms with E-state index in [1.807, 2.05) is 29.2 Å². The second-order valence-electron chi connectivity index (χ2n) is 14.7. The first-order valence-corrected chi connectivity index (χ1v) is 20.6. The first-order chi connectivity index (χ1) is 26.1. The Morgan fingerprint density at radius 3 is 2.15 bits per heavy atom. The number of rotatable bonds is 11. The molecule has 0 aromatic heterocycles. The number of alkyl halides is 3. The van der Waals surface area contributed by atoms with Gasteiger partial charge in [0.25, 0.3) is 0 Å². The summed E-state index contributed by atoms with van der Waals surface area (Å²) in [7, 11) is -4.07. The highest BCUT2D eigenvalue weighted by Gasteiger charge is 2.51. The summed E-state index contributed by atoms with van der Waals surface area (Å²) in [5.74, 6) is -1.07. The Kier molecular flexibility index (Phi) is 12.7. The van der Waals surface area contributed by atoms with Gasteiger partial charge in [-0.05, 0) is 105 Å². The van der Waals surface area contributed by atoms with E-state index in [9.17, 15) is 26.4 Å². The smallest absolute Gasteiger partial charge is 0.490 e.